The van der Waals surface area contributed by atoms with Gasteiger partial charge in [0, 0.05) is 17.6 Å². The largest absolute Gasteiger partial charge is 0.373 e. The van der Waals surface area contributed by atoms with Crippen LogP contribution in [0, 0.1) is 17.6 Å². The Hall–Kier alpha value is -2.92. The second-order valence-electron chi connectivity index (χ2n) is 9.57. The molecule has 1 aliphatic carbocycles. The Morgan fingerprint density at radius 1 is 1.06 bits per heavy atom. The lowest BCUT2D eigenvalue weighted by atomic mass is 9.85. The summed E-state index contributed by atoms with van der Waals surface area (Å²) >= 11 is 0. The van der Waals surface area contributed by atoms with Crippen molar-refractivity contribution in [2.24, 2.45) is 5.92 Å². The quantitative estimate of drug-likeness (QED) is 0.182. The number of hydrogen-bond donors (Lipinski definition) is 0. The van der Waals surface area contributed by atoms with Crippen molar-refractivity contribution in [3.05, 3.63) is 107 Å². The van der Waals surface area contributed by atoms with Crippen LogP contribution in [-0.4, -0.2) is 12.7 Å². The van der Waals surface area contributed by atoms with Crippen LogP contribution in [0.3, 0.4) is 0 Å². The fourth-order valence-electron chi connectivity index (χ4n) is 4.70. The van der Waals surface area contributed by atoms with E-state index in [0.717, 1.165) is 36.8 Å². The molecule has 1 saturated heterocycles. The van der Waals surface area contributed by atoms with Crippen LogP contribution >= 0.6 is 0 Å². The van der Waals surface area contributed by atoms with Crippen molar-refractivity contribution >= 4 is 11.1 Å². The zero-order valence-electron chi connectivity index (χ0n) is 20.6. The first-order valence-corrected chi connectivity index (χ1v) is 12.7. The SMILES string of the molecule is C=C/C=C(\C(F)=C(\F)CC1CO1)c1ccc(CCc2ccc(C3=CCC(CC)CC3)c(F)c2F)cc1. The number of benzene rings is 2. The van der Waals surface area contributed by atoms with E-state index in [1.165, 1.54) is 12.2 Å². The zero-order valence-corrected chi connectivity index (χ0v) is 20.6. The molecule has 2 aromatic rings. The molecule has 0 bridgehead atoms. The van der Waals surface area contributed by atoms with E-state index in [-0.39, 0.29) is 18.1 Å². The van der Waals surface area contributed by atoms with Crippen molar-refractivity contribution in [1.82, 2.24) is 0 Å². The van der Waals surface area contributed by atoms with Crippen LogP contribution in [0.1, 0.15) is 61.3 Å². The first kappa shape index (κ1) is 26.2. The highest BCUT2D eigenvalue weighted by atomic mass is 19.2. The first-order chi connectivity index (χ1) is 17.4. The molecule has 0 saturated carbocycles. The van der Waals surface area contributed by atoms with Crippen molar-refractivity contribution in [1.29, 1.82) is 0 Å². The molecule has 1 fully saturated rings. The summed E-state index contributed by atoms with van der Waals surface area (Å²) in [5, 5.41) is 0. The first-order valence-electron chi connectivity index (χ1n) is 12.7. The van der Waals surface area contributed by atoms with Gasteiger partial charge >= 0.3 is 0 Å². The smallest absolute Gasteiger partial charge is 0.166 e. The highest BCUT2D eigenvalue weighted by molar-refractivity contribution is 5.78. The van der Waals surface area contributed by atoms with Gasteiger partial charge in [0.05, 0.1) is 12.7 Å². The van der Waals surface area contributed by atoms with Gasteiger partial charge in [-0.2, -0.15) is 0 Å². The number of aryl methyl sites for hydroxylation is 2. The maximum atomic E-state index is 14.9. The third-order valence-corrected chi connectivity index (χ3v) is 7.12. The lowest BCUT2D eigenvalue weighted by molar-refractivity contribution is 0.387. The number of ether oxygens (including phenoxy) is 1. The fourth-order valence-corrected chi connectivity index (χ4v) is 4.70. The predicted octanol–water partition coefficient (Wildman–Crippen LogP) is 8.85. The van der Waals surface area contributed by atoms with Crippen molar-refractivity contribution < 1.29 is 22.3 Å². The Morgan fingerprint density at radius 3 is 2.42 bits per heavy atom. The van der Waals surface area contributed by atoms with E-state index < -0.39 is 23.3 Å². The van der Waals surface area contributed by atoms with E-state index in [4.69, 9.17) is 4.74 Å². The fraction of sp³-hybridized carbons (Fsp3) is 0.355. The summed E-state index contributed by atoms with van der Waals surface area (Å²) in [4.78, 5) is 0. The molecular weight excluding hydrogens is 464 g/mol. The number of hydrogen-bond acceptors (Lipinski definition) is 1. The zero-order chi connectivity index (χ0) is 25.7. The molecule has 0 spiro atoms. The number of allylic oxidation sites excluding steroid dienone is 6. The molecule has 1 heterocycles. The number of halogens is 4. The van der Waals surface area contributed by atoms with Crippen LogP contribution < -0.4 is 0 Å². The third kappa shape index (κ3) is 6.25. The highest BCUT2D eigenvalue weighted by Crippen LogP contribution is 2.35. The van der Waals surface area contributed by atoms with Gasteiger partial charge in [0.2, 0.25) is 0 Å². The van der Waals surface area contributed by atoms with Crippen LogP contribution in [0.15, 0.2) is 72.9 Å². The van der Waals surface area contributed by atoms with Crippen LogP contribution in [0.25, 0.3) is 11.1 Å². The van der Waals surface area contributed by atoms with Crippen LogP contribution in [0.2, 0.25) is 0 Å². The lowest BCUT2D eigenvalue weighted by Gasteiger charge is -2.21. The Labute approximate surface area is 210 Å². The molecular formula is C31H32F4O. The molecule has 0 N–H and O–H groups in total. The minimum Gasteiger partial charge on any atom is -0.373 e. The Bertz CT molecular complexity index is 1190. The van der Waals surface area contributed by atoms with Crippen LogP contribution in [-0.2, 0) is 17.6 Å². The Kier molecular flexibility index (Phi) is 8.63. The maximum absolute atomic E-state index is 14.9. The molecule has 1 aliphatic heterocycles. The summed E-state index contributed by atoms with van der Waals surface area (Å²) < 4.78 is 63.7. The maximum Gasteiger partial charge on any atom is 0.166 e. The van der Waals surface area contributed by atoms with E-state index in [9.17, 15) is 17.6 Å². The molecule has 0 aromatic heterocycles. The molecule has 2 aromatic carbocycles. The Balaban J connectivity index is 1.44. The van der Waals surface area contributed by atoms with Crippen molar-refractivity contribution in [2.75, 3.05) is 6.61 Å². The standard InChI is InChI=1S/C31H32F4O/c1-3-5-26(30(34)28(32)18-25-19-36-25)22-13-8-21(9-14-22)10-15-24-16-17-27(31(35)29(24)33)23-11-6-20(4-2)7-12-23/h3,5,8-9,11,13-14,16-17,20,25H,1,4,6-7,10,12,15,18-19H2,2H3/b26-5-,30-28-. The van der Waals surface area contributed by atoms with Gasteiger partial charge < -0.3 is 4.74 Å². The van der Waals surface area contributed by atoms with Crippen LogP contribution in [0.5, 0.6) is 0 Å². The third-order valence-electron chi connectivity index (χ3n) is 7.12. The van der Waals surface area contributed by atoms with Gasteiger partial charge in [-0.3, -0.25) is 0 Å². The van der Waals surface area contributed by atoms with Gasteiger partial charge in [-0.1, -0.05) is 74.5 Å². The summed E-state index contributed by atoms with van der Waals surface area (Å²) in [6, 6.07) is 10.3. The average molecular weight is 497 g/mol. The molecule has 36 heavy (non-hydrogen) atoms. The normalized spacial score (nSPS) is 20.6. The van der Waals surface area contributed by atoms with E-state index in [2.05, 4.69) is 19.6 Å². The van der Waals surface area contributed by atoms with Gasteiger partial charge in [-0.05, 0) is 60.3 Å². The molecule has 5 heteroatoms. The van der Waals surface area contributed by atoms with Gasteiger partial charge in [-0.15, -0.1) is 0 Å². The predicted molar refractivity (Wildman–Crippen MR) is 138 cm³/mol. The van der Waals surface area contributed by atoms with Gasteiger partial charge in [0.25, 0.3) is 0 Å². The van der Waals surface area contributed by atoms with E-state index in [1.807, 2.05) is 0 Å². The van der Waals surface area contributed by atoms with Crippen LogP contribution in [0.4, 0.5) is 17.6 Å². The minimum atomic E-state index is -0.922. The Morgan fingerprint density at radius 2 is 1.81 bits per heavy atom. The topological polar surface area (TPSA) is 12.5 Å². The number of epoxide rings is 1. The van der Waals surface area contributed by atoms with Crippen molar-refractivity contribution in [3.8, 4) is 0 Å². The average Bonchev–Trinajstić information content (AvgIpc) is 3.72. The summed E-state index contributed by atoms with van der Waals surface area (Å²) in [6.07, 6.45) is 9.17. The van der Waals surface area contributed by atoms with Gasteiger partial charge in [0.15, 0.2) is 17.5 Å². The molecule has 2 atom stereocenters. The highest BCUT2D eigenvalue weighted by Gasteiger charge is 2.27. The molecule has 1 nitrogen and oxygen atoms in total. The molecule has 2 aliphatic rings. The van der Waals surface area contributed by atoms with Gasteiger partial charge in [0.1, 0.15) is 5.83 Å². The van der Waals surface area contributed by atoms with E-state index >= 15 is 0 Å². The number of rotatable bonds is 10. The molecule has 4 rings (SSSR count). The summed E-state index contributed by atoms with van der Waals surface area (Å²) in [5.74, 6) is -2.70. The van der Waals surface area contributed by atoms with Gasteiger partial charge in [-0.25, -0.2) is 17.6 Å². The van der Waals surface area contributed by atoms with Crippen molar-refractivity contribution in [2.45, 2.75) is 58.0 Å². The summed E-state index contributed by atoms with van der Waals surface area (Å²) in [5.41, 5.74) is 3.10. The molecule has 0 radical (unpaired) electrons. The second kappa shape index (κ2) is 11.9. The van der Waals surface area contributed by atoms with E-state index in [0.29, 0.717) is 42.1 Å². The minimum absolute atomic E-state index is 0.0874. The monoisotopic (exact) mass is 496 g/mol. The van der Waals surface area contributed by atoms with E-state index in [1.54, 1.807) is 36.4 Å². The summed E-state index contributed by atoms with van der Waals surface area (Å²) in [6.45, 7) is 6.20. The summed E-state index contributed by atoms with van der Waals surface area (Å²) in [7, 11) is 0. The van der Waals surface area contributed by atoms with Crippen molar-refractivity contribution in [3.63, 3.8) is 0 Å². The molecule has 190 valence electrons. The second-order valence-corrected chi connectivity index (χ2v) is 9.57. The molecule has 2 unspecified atom stereocenters. The molecule has 0 amide bonds. The lowest BCUT2D eigenvalue weighted by Crippen LogP contribution is -2.07.